The van der Waals surface area contributed by atoms with Crippen LogP contribution >= 0.6 is 0 Å². The summed E-state index contributed by atoms with van der Waals surface area (Å²) in [5, 5.41) is 3.71. The van der Waals surface area contributed by atoms with Gasteiger partial charge in [0.05, 0.1) is 17.9 Å². The molecule has 1 heterocycles. The Bertz CT molecular complexity index is 1010. The molecular weight excluding hydrogens is 318 g/mol. The molecule has 0 amide bonds. The molecule has 120 valence electrons. The summed E-state index contributed by atoms with van der Waals surface area (Å²) in [7, 11) is 3.84. The summed E-state index contributed by atoms with van der Waals surface area (Å²) in [6.45, 7) is 0. The molecule has 0 unspecified atom stereocenters. The zero-order valence-electron chi connectivity index (χ0n) is 13.7. The molecule has 0 fully saturated rings. The molecule has 0 aliphatic heterocycles. The topological polar surface area (TPSA) is 13.1 Å². The summed E-state index contributed by atoms with van der Waals surface area (Å²) in [4.78, 5) is 0. The molecule has 3 heteroatoms. The van der Waals surface area contributed by atoms with Crippen LogP contribution < -0.4 is 21.7 Å². The highest BCUT2D eigenvalue weighted by Crippen LogP contribution is 2.33. The molecule has 4 rings (SSSR count). The molecule has 0 aliphatic carbocycles. The van der Waals surface area contributed by atoms with E-state index in [1.54, 1.807) is 7.11 Å². The van der Waals surface area contributed by atoms with E-state index < -0.39 is 0 Å². The fraction of sp³-hybridized carbons (Fsp3) is 0.0952. The Morgan fingerprint density at radius 1 is 0.750 bits per heavy atom. The second-order valence-electron chi connectivity index (χ2n) is 5.70. The third kappa shape index (κ3) is 2.49. The van der Waals surface area contributed by atoms with Gasteiger partial charge in [0.15, 0.2) is 0 Å². The lowest BCUT2D eigenvalue weighted by Gasteiger charge is -2.10. The van der Waals surface area contributed by atoms with Gasteiger partial charge in [0, 0.05) is 17.0 Å². The van der Waals surface area contributed by atoms with E-state index >= 15 is 0 Å². The first-order chi connectivity index (χ1) is 11.3. The van der Waals surface area contributed by atoms with Gasteiger partial charge >= 0.3 is 0 Å². The van der Waals surface area contributed by atoms with Crippen molar-refractivity contribution in [3.8, 4) is 17.0 Å². The first kappa shape index (κ1) is 16.3. The fourth-order valence-corrected chi connectivity index (χ4v) is 3.32. The number of benzene rings is 3. The van der Waals surface area contributed by atoms with E-state index in [2.05, 4.69) is 72.3 Å². The summed E-state index contributed by atoms with van der Waals surface area (Å²) in [5.41, 5.74) is 3.64. The molecule has 0 aliphatic rings. The molecule has 0 radical (unpaired) electrons. The molecule has 4 aromatic rings. The van der Waals surface area contributed by atoms with Crippen molar-refractivity contribution in [2.45, 2.75) is 0 Å². The second kappa shape index (κ2) is 6.50. The number of para-hydroxylation sites is 1. The normalized spacial score (nSPS) is 10.6. The average molecular weight is 336 g/mol. The lowest BCUT2D eigenvalue weighted by atomic mass is 9.99. The molecular formula is C21H18ClNO. The van der Waals surface area contributed by atoms with Crippen molar-refractivity contribution in [2.75, 3.05) is 7.11 Å². The van der Waals surface area contributed by atoms with Crippen LogP contribution in [0.4, 0.5) is 0 Å². The Hall–Kier alpha value is -2.58. The van der Waals surface area contributed by atoms with Crippen molar-refractivity contribution in [1.82, 2.24) is 0 Å². The highest BCUT2D eigenvalue weighted by molar-refractivity contribution is 6.09. The summed E-state index contributed by atoms with van der Waals surface area (Å²) < 4.78 is 7.73. The third-order valence-corrected chi connectivity index (χ3v) is 4.42. The van der Waals surface area contributed by atoms with E-state index in [0.29, 0.717) is 0 Å². The minimum absolute atomic E-state index is 0. The zero-order valence-corrected chi connectivity index (χ0v) is 14.4. The number of pyridine rings is 1. The summed E-state index contributed by atoms with van der Waals surface area (Å²) in [6.07, 6.45) is 0. The largest absolute Gasteiger partial charge is 1.00 e. The third-order valence-electron chi connectivity index (χ3n) is 4.42. The van der Waals surface area contributed by atoms with E-state index in [0.717, 1.165) is 5.75 Å². The number of fused-ring (bicyclic) bond motifs is 3. The quantitative estimate of drug-likeness (QED) is 0.400. The standard InChI is InChI=1S/C21H18NO.ClH/c1-22-20-11-7-6-10-18(20)17-13-12-16(23-2)14-19(17)21(22)15-8-4-3-5-9-15;/h3-14H,1-2H3;1H/q+1;/p-1. The maximum atomic E-state index is 5.46. The van der Waals surface area contributed by atoms with Crippen LogP contribution in [0.1, 0.15) is 0 Å². The van der Waals surface area contributed by atoms with Gasteiger partial charge in [-0.15, -0.1) is 0 Å². The molecule has 3 aromatic carbocycles. The monoisotopic (exact) mass is 335 g/mol. The Morgan fingerprint density at radius 2 is 1.46 bits per heavy atom. The zero-order chi connectivity index (χ0) is 15.8. The minimum Gasteiger partial charge on any atom is -1.00 e. The van der Waals surface area contributed by atoms with Crippen molar-refractivity contribution in [3.05, 3.63) is 72.8 Å². The number of methoxy groups -OCH3 is 1. The molecule has 0 saturated heterocycles. The average Bonchev–Trinajstić information content (AvgIpc) is 2.62. The van der Waals surface area contributed by atoms with Gasteiger partial charge in [0.2, 0.25) is 11.2 Å². The van der Waals surface area contributed by atoms with Crippen molar-refractivity contribution in [3.63, 3.8) is 0 Å². The molecule has 24 heavy (non-hydrogen) atoms. The molecule has 1 aromatic heterocycles. The SMILES string of the molecule is COc1ccc2c(c1)c(-c1ccccc1)[n+](C)c1ccccc21.[Cl-]. The Kier molecular flexibility index (Phi) is 4.41. The molecule has 0 bridgehead atoms. The van der Waals surface area contributed by atoms with Crippen molar-refractivity contribution >= 4 is 21.7 Å². The van der Waals surface area contributed by atoms with Crippen LogP contribution in [0.15, 0.2) is 72.8 Å². The number of nitrogens with zero attached hydrogens (tertiary/aromatic N) is 1. The number of rotatable bonds is 2. The molecule has 0 N–H and O–H groups in total. The highest BCUT2D eigenvalue weighted by atomic mass is 35.5. The maximum Gasteiger partial charge on any atom is 0.220 e. The lowest BCUT2D eigenvalue weighted by molar-refractivity contribution is -0.632. The Morgan fingerprint density at radius 3 is 2.21 bits per heavy atom. The molecule has 0 saturated carbocycles. The van der Waals surface area contributed by atoms with E-state index in [9.17, 15) is 0 Å². The van der Waals surface area contributed by atoms with Gasteiger partial charge in [-0.2, -0.15) is 4.57 Å². The van der Waals surface area contributed by atoms with Gasteiger partial charge < -0.3 is 17.1 Å². The van der Waals surface area contributed by atoms with E-state index in [-0.39, 0.29) is 12.4 Å². The van der Waals surface area contributed by atoms with Crippen LogP contribution in [0.3, 0.4) is 0 Å². The van der Waals surface area contributed by atoms with Crippen LogP contribution in [-0.4, -0.2) is 7.11 Å². The first-order valence-corrected chi connectivity index (χ1v) is 7.73. The summed E-state index contributed by atoms with van der Waals surface area (Å²) in [5.74, 6) is 0.880. The molecule has 0 spiro atoms. The maximum absolute atomic E-state index is 5.46. The van der Waals surface area contributed by atoms with Crippen LogP contribution in [-0.2, 0) is 7.05 Å². The lowest BCUT2D eigenvalue weighted by Crippen LogP contribution is -3.00. The van der Waals surface area contributed by atoms with Crippen molar-refractivity contribution in [2.24, 2.45) is 7.05 Å². The minimum atomic E-state index is 0. The Balaban J connectivity index is 0.00000169. The van der Waals surface area contributed by atoms with Gasteiger partial charge in [-0.25, -0.2) is 0 Å². The van der Waals surface area contributed by atoms with Crippen LogP contribution in [0.25, 0.3) is 32.9 Å². The number of hydrogen-bond donors (Lipinski definition) is 0. The van der Waals surface area contributed by atoms with Gasteiger partial charge in [-0.1, -0.05) is 30.3 Å². The first-order valence-electron chi connectivity index (χ1n) is 7.73. The van der Waals surface area contributed by atoms with E-state index in [1.807, 2.05) is 12.1 Å². The number of hydrogen-bond acceptors (Lipinski definition) is 1. The smallest absolute Gasteiger partial charge is 0.220 e. The van der Waals surface area contributed by atoms with E-state index in [4.69, 9.17) is 4.74 Å². The number of aromatic nitrogens is 1. The van der Waals surface area contributed by atoms with Gasteiger partial charge in [-0.05, 0) is 36.4 Å². The number of aryl methyl sites for hydroxylation is 1. The van der Waals surface area contributed by atoms with Crippen LogP contribution in [0.5, 0.6) is 5.75 Å². The second-order valence-corrected chi connectivity index (χ2v) is 5.70. The predicted octanol–water partition coefficient (Wildman–Crippen LogP) is 1.50. The Labute approximate surface area is 147 Å². The van der Waals surface area contributed by atoms with Crippen LogP contribution in [0.2, 0.25) is 0 Å². The number of ether oxygens (including phenoxy) is 1. The summed E-state index contributed by atoms with van der Waals surface area (Å²) in [6, 6.07) is 25.4. The molecule has 0 atom stereocenters. The van der Waals surface area contributed by atoms with Gasteiger partial charge in [0.25, 0.3) is 0 Å². The van der Waals surface area contributed by atoms with Gasteiger partial charge in [-0.3, -0.25) is 0 Å². The van der Waals surface area contributed by atoms with Crippen molar-refractivity contribution < 1.29 is 21.7 Å². The summed E-state index contributed by atoms with van der Waals surface area (Å²) >= 11 is 0. The van der Waals surface area contributed by atoms with Gasteiger partial charge in [0.1, 0.15) is 12.8 Å². The fourth-order valence-electron chi connectivity index (χ4n) is 3.32. The van der Waals surface area contributed by atoms with E-state index in [1.165, 1.54) is 32.9 Å². The molecule has 2 nitrogen and oxygen atoms in total. The van der Waals surface area contributed by atoms with Crippen LogP contribution in [0, 0.1) is 0 Å². The predicted molar refractivity (Wildman–Crippen MR) is 94.6 cm³/mol. The number of halogens is 1. The van der Waals surface area contributed by atoms with Crippen molar-refractivity contribution in [1.29, 1.82) is 0 Å². The highest BCUT2D eigenvalue weighted by Gasteiger charge is 2.20.